The second kappa shape index (κ2) is 14.1. The summed E-state index contributed by atoms with van der Waals surface area (Å²) in [6, 6.07) is 16.2. The van der Waals surface area contributed by atoms with Crippen molar-refractivity contribution in [1.82, 2.24) is 24.9 Å². The average molecular weight is 690 g/mol. The van der Waals surface area contributed by atoms with Gasteiger partial charge in [-0.15, -0.1) is 10.2 Å². The number of hydrogen-bond acceptors (Lipinski definition) is 9. The second-order valence-corrected chi connectivity index (χ2v) is 14.9. The number of amidine groups is 1. The fourth-order valence-corrected chi connectivity index (χ4v) is 6.91. The molecule has 0 bridgehead atoms. The van der Waals surface area contributed by atoms with E-state index in [2.05, 4.69) is 15.1 Å². The van der Waals surface area contributed by atoms with Crippen molar-refractivity contribution < 1.29 is 22.7 Å². The van der Waals surface area contributed by atoms with E-state index in [1.165, 1.54) is 20.5 Å². The molecule has 3 heterocycles. The first kappa shape index (κ1) is 33.9. The van der Waals surface area contributed by atoms with Crippen molar-refractivity contribution in [2.45, 2.75) is 31.3 Å². The zero-order valence-corrected chi connectivity index (χ0v) is 28.6. The number of aliphatic imine (C=N–C) groups is 1. The summed E-state index contributed by atoms with van der Waals surface area (Å²) >= 11 is 12.6. The van der Waals surface area contributed by atoms with Gasteiger partial charge in [0.05, 0.1) is 37.1 Å². The Labute approximate surface area is 280 Å². The van der Waals surface area contributed by atoms with E-state index in [9.17, 15) is 13.2 Å². The third-order valence-corrected chi connectivity index (χ3v) is 10.0. The second-order valence-electron chi connectivity index (χ2n) is 11.7. The van der Waals surface area contributed by atoms with Gasteiger partial charge >= 0.3 is 6.03 Å². The predicted molar refractivity (Wildman–Crippen MR) is 179 cm³/mol. The summed E-state index contributed by atoms with van der Waals surface area (Å²) in [6.07, 6.45) is 2.27. The van der Waals surface area contributed by atoms with Crippen LogP contribution < -0.4 is 9.47 Å². The van der Waals surface area contributed by atoms with Gasteiger partial charge < -0.3 is 14.4 Å². The third-order valence-electron chi connectivity index (χ3n) is 8.50. The molecule has 0 aliphatic carbocycles. The van der Waals surface area contributed by atoms with Crippen molar-refractivity contribution >= 4 is 44.9 Å². The fourth-order valence-electron chi connectivity index (χ4n) is 6.01. The number of benzene rings is 2. The van der Waals surface area contributed by atoms with Gasteiger partial charge in [-0.05, 0) is 55.3 Å². The number of rotatable bonds is 9. The maximum absolute atomic E-state index is 14.8. The summed E-state index contributed by atoms with van der Waals surface area (Å²) in [5.74, 6) is 0.951. The van der Waals surface area contributed by atoms with Crippen molar-refractivity contribution in [1.29, 1.82) is 0 Å². The van der Waals surface area contributed by atoms with Crippen molar-refractivity contribution in [3.8, 4) is 11.8 Å². The molecule has 2 amide bonds. The first-order valence-electron chi connectivity index (χ1n) is 15.0. The van der Waals surface area contributed by atoms with Crippen LogP contribution in [0, 0.1) is 0 Å². The quantitative estimate of drug-likeness (QED) is 0.306. The number of aromatic nitrogens is 2. The van der Waals surface area contributed by atoms with Crippen LogP contribution in [0.25, 0.3) is 0 Å². The van der Waals surface area contributed by atoms with E-state index in [4.69, 9.17) is 37.7 Å². The molecule has 2 aliphatic rings. The van der Waals surface area contributed by atoms with Crippen LogP contribution in [0.15, 0.2) is 59.6 Å². The molecular weight excluding hydrogens is 651 g/mol. The van der Waals surface area contributed by atoms with E-state index >= 15 is 0 Å². The lowest BCUT2D eigenvalue weighted by Crippen LogP contribution is -2.61. The van der Waals surface area contributed by atoms with Crippen LogP contribution >= 0.6 is 23.2 Å². The van der Waals surface area contributed by atoms with Gasteiger partial charge in [0, 0.05) is 55.0 Å². The van der Waals surface area contributed by atoms with Gasteiger partial charge in [0.2, 0.25) is 11.8 Å². The molecular formula is C32H38Cl2N6O5S. The molecule has 0 N–H and O–H groups in total. The first-order valence-corrected chi connectivity index (χ1v) is 17.8. The molecule has 3 aromatic rings. The molecule has 1 fully saturated rings. The highest BCUT2D eigenvalue weighted by Crippen LogP contribution is 2.45. The van der Waals surface area contributed by atoms with E-state index in [1.54, 1.807) is 11.0 Å². The minimum Gasteiger partial charge on any atom is -0.480 e. The van der Waals surface area contributed by atoms with E-state index in [1.807, 2.05) is 60.4 Å². The molecule has 2 aliphatic heterocycles. The van der Waals surface area contributed by atoms with Gasteiger partial charge in [0.1, 0.15) is 15.7 Å². The Hall–Kier alpha value is -3.45. The summed E-state index contributed by atoms with van der Waals surface area (Å²) in [4.78, 5) is 25.8. The molecule has 2 atom stereocenters. The first-order chi connectivity index (χ1) is 21.9. The topological polar surface area (TPSA) is 118 Å². The van der Waals surface area contributed by atoms with Crippen LogP contribution in [0.2, 0.25) is 10.0 Å². The largest absolute Gasteiger partial charge is 0.480 e. The number of nitrogens with zero attached hydrogens (tertiary/aromatic N) is 6. The highest BCUT2D eigenvalue weighted by atomic mass is 35.5. The summed E-state index contributed by atoms with van der Waals surface area (Å²) in [5, 5.41) is 9.51. The highest BCUT2D eigenvalue weighted by molar-refractivity contribution is 7.90. The molecule has 0 saturated carbocycles. The Balaban J connectivity index is 1.59. The maximum atomic E-state index is 14.8. The molecule has 5 rings (SSSR count). The van der Waals surface area contributed by atoms with E-state index in [0.717, 1.165) is 11.1 Å². The van der Waals surface area contributed by atoms with Gasteiger partial charge in [-0.1, -0.05) is 47.5 Å². The molecule has 1 aromatic heterocycles. The van der Waals surface area contributed by atoms with Crippen LogP contribution in [0.5, 0.6) is 11.8 Å². The summed E-state index contributed by atoms with van der Waals surface area (Å²) < 4.78 is 34.3. The Morgan fingerprint density at radius 3 is 2.17 bits per heavy atom. The van der Waals surface area contributed by atoms with Gasteiger partial charge in [-0.25, -0.2) is 13.2 Å². The van der Waals surface area contributed by atoms with Crippen LogP contribution in [0.3, 0.4) is 0 Å². The van der Waals surface area contributed by atoms with Crippen molar-refractivity contribution in [2.24, 2.45) is 4.99 Å². The van der Waals surface area contributed by atoms with Crippen molar-refractivity contribution in [2.75, 3.05) is 59.0 Å². The fraction of sp³-hybridized carbons (Fsp3) is 0.438. The molecule has 1 saturated heterocycles. The number of carbonyl (C=O) groups is 1. The summed E-state index contributed by atoms with van der Waals surface area (Å²) in [5.41, 5.74) is 1.38. The number of halogens is 2. The normalized spacial score (nSPS) is 20.7. The number of piperazine rings is 1. The van der Waals surface area contributed by atoms with Gasteiger partial charge in [-0.2, -0.15) is 0 Å². The Morgan fingerprint density at radius 2 is 1.59 bits per heavy atom. The Kier molecular flexibility index (Phi) is 10.4. The number of urea groups is 1. The number of ether oxygens (including phenoxy) is 2. The van der Waals surface area contributed by atoms with Gasteiger partial charge in [0.25, 0.3) is 0 Å². The molecule has 2 aromatic carbocycles. The number of methoxy groups -OCH3 is 2. The lowest BCUT2D eigenvalue weighted by molar-refractivity contribution is 0.0935. The van der Waals surface area contributed by atoms with Gasteiger partial charge in [0.15, 0.2) is 0 Å². The highest BCUT2D eigenvalue weighted by Gasteiger charge is 2.48. The summed E-state index contributed by atoms with van der Waals surface area (Å²) in [7, 11) is -0.0412. The minimum atomic E-state index is -3.03. The van der Waals surface area contributed by atoms with Crippen molar-refractivity contribution in [3.63, 3.8) is 0 Å². The van der Waals surface area contributed by atoms with Crippen LogP contribution in [0.4, 0.5) is 4.79 Å². The molecule has 0 spiro atoms. The molecule has 14 heteroatoms. The zero-order chi connectivity index (χ0) is 33.1. The molecule has 246 valence electrons. The van der Waals surface area contributed by atoms with Gasteiger partial charge in [-0.3, -0.25) is 14.8 Å². The standard InChI is InChI=1S/C32H38Cl2N6O5S/c1-32(23-8-12-25(34)13-9-23)21-27(22-6-10-24(33)11-7-22)35-29(26-20-28(44-2)36-37-30(26)45-3)40(32)31(41)39-17-15-38(16-18-39)14-5-19-46(4,42)43/h6-13,20,27H,5,14-19,21H2,1-4H3/t27-,32-/m0/s1. The monoisotopic (exact) mass is 688 g/mol. The molecule has 0 unspecified atom stereocenters. The molecule has 46 heavy (non-hydrogen) atoms. The molecule has 11 nitrogen and oxygen atoms in total. The van der Waals surface area contributed by atoms with Crippen LogP contribution in [0.1, 0.15) is 42.5 Å². The Morgan fingerprint density at radius 1 is 0.957 bits per heavy atom. The maximum Gasteiger partial charge on any atom is 0.326 e. The SMILES string of the molecule is COc1cc(C2=N[C@H](c3ccc(Cl)cc3)C[C@@](C)(c3ccc(Cl)cc3)N2C(=O)N2CCN(CCCS(C)(=O)=O)CC2)c(OC)nn1. The Bertz CT molecular complexity index is 1680. The number of hydrogen-bond donors (Lipinski definition) is 0. The third kappa shape index (κ3) is 7.57. The predicted octanol–water partition coefficient (Wildman–Crippen LogP) is 5.08. The number of sulfone groups is 1. The minimum absolute atomic E-state index is 0.138. The number of carbonyl (C=O) groups excluding carboxylic acids is 1. The number of amides is 2. The molecule has 0 radical (unpaired) electrons. The lowest BCUT2D eigenvalue weighted by atomic mass is 9.80. The van der Waals surface area contributed by atoms with Crippen molar-refractivity contribution in [3.05, 3.63) is 81.3 Å². The summed E-state index contributed by atoms with van der Waals surface area (Å²) in [6.45, 7) is 4.85. The smallest absolute Gasteiger partial charge is 0.326 e. The lowest BCUT2D eigenvalue weighted by Gasteiger charge is -2.49. The van der Waals surface area contributed by atoms with E-state index < -0.39 is 15.4 Å². The van der Waals surface area contributed by atoms with Crippen LogP contribution in [-0.4, -0.2) is 104 Å². The van der Waals surface area contributed by atoms with E-state index in [-0.39, 0.29) is 29.6 Å². The average Bonchev–Trinajstić information content (AvgIpc) is 3.04. The zero-order valence-electron chi connectivity index (χ0n) is 26.3. The van der Waals surface area contributed by atoms with E-state index in [0.29, 0.717) is 67.0 Å². The van der Waals surface area contributed by atoms with Crippen LogP contribution in [-0.2, 0) is 15.4 Å².